The molecule has 0 aliphatic heterocycles. The quantitative estimate of drug-likeness (QED) is 0.648. The van der Waals surface area contributed by atoms with Crippen molar-refractivity contribution in [3.63, 3.8) is 0 Å². The number of hydrogen-bond acceptors (Lipinski definition) is 4. The van der Waals surface area contributed by atoms with Gasteiger partial charge in [0.05, 0.1) is 6.04 Å². The molecule has 0 saturated heterocycles. The fourth-order valence-corrected chi connectivity index (χ4v) is 1.83. The highest BCUT2D eigenvalue weighted by Gasteiger charge is 2.17. The molecule has 2 N–H and O–H groups in total. The molecule has 5 nitrogen and oxygen atoms in total. The summed E-state index contributed by atoms with van der Waals surface area (Å²) >= 11 is 0. The molecule has 0 aliphatic carbocycles. The molecule has 1 unspecified atom stereocenters. The number of amides is 1. The summed E-state index contributed by atoms with van der Waals surface area (Å²) in [4.78, 5) is 23.8. The van der Waals surface area contributed by atoms with Crippen LogP contribution in [0.2, 0.25) is 0 Å². The summed E-state index contributed by atoms with van der Waals surface area (Å²) in [5, 5.41) is 2.85. The number of halogens is 2. The zero-order valence-corrected chi connectivity index (χ0v) is 12.8. The van der Waals surface area contributed by atoms with Gasteiger partial charge < -0.3 is 10.6 Å². The Morgan fingerprint density at radius 2 is 1.86 bits per heavy atom. The molecular weight excluding hydrogens is 292 g/mol. The van der Waals surface area contributed by atoms with E-state index in [0.29, 0.717) is 13.0 Å². The fraction of sp³-hybridized carbons (Fsp3) is 0.400. The average molecular weight is 311 g/mol. The zero-order valence-electron chi connectivity index (χ0n) is 12.8. The Bertz CT molecular complexity index is 582. The summed E-state index contributed by atoms with van der Waals surface area (Å²) in [6.07, 6.45) is 0.409. The van der Waals surface area contributed by atoms with Crippen LogP contribution >= 0.6 is 0 Å². The van der Waals surface area contributed by atoms with E-state index in [2.05, 4.69) is 5.18 Å². The first-order valence-corrected chi connectivity index (χ1v) is 6.77. The van der Waals surface area contributed by atoms with Gasteiger partial charge >= 0.3 is 0 Å². The highest BCUT2D eigenvalue weighted by atomic mass is 19.1. The van der Waals surface area contributed by atoms with Crippen LogP contribution in [-0.4, -0.2) is 30.4 Å². The van der Waals surface area contributed by atoms with Gasteiger partial charge in [-0.05, 0) is 43.5 Å². The van der Waals surface area contributed by atoms with Crippen LogP contribution in [0.5, 0.6) is 0 Å². The van der Waals surface area contributed by atoms with E-state index < -0.39 is 23.6 Å². The third-order valence-corrected chi connectivity index (χ3v) is 3.34. The van der Waals surface area contributed by atoms with Crippen LogP contribution < -0.4 is 5.73 Å². The van der Waals surface area contributed by atoms with E-state index in [-0.39, 0.29) is 16.8 Å². The molecule has 1 amide bonds. The molecule has 120 valence electrons. The molecule has 1 atom stereocenters. The molecule has 1 aromatic rings. The first kappa shape index (κ1) is 17.7. The Kier molecular flexibility index (Phi) is 6.15. The van der Waals surface area contributed by atoms with Crippen LogP contribution in [0.1, 0.15) is 25.8 Å². The minimum atomic E-state index is -0.742. The maximum absolute atomic E-state index is 13.2. The second-order valence-electron chi connectivity index (χ2n) is 5.17. The Balaban J connectivity index is 2.93. The highest BCUT2D eigenvalue weighted by molar-refractivity contribution is 5.99. The zero-order chi connectivity index (χ0) is 16.9. The van der Waals surface area contributed by atoms with Crippen LogP contribution in [0.15, 0.2) is 29.1 Å². The number of nitroso groups, excluding NO2 is 1. The number of carbonyl (C=O) groups is 1. The van der Waals surface area contributed by atoms with Crippen molar-refractivity contribution in [1.82, 2.24) is 4.90 Å². The summed E-state index contributed by atoms with van der Waals surface area (Å²) in [7, 11) is 1.53. The molecule has 0 aliphatic rings. The van der Waals surface area contributed by atoms with Crippen molar-refractivity contribution in [2.24, 2.45) is 10.9 Å². The van der Waals surface area contributed by atoms with Crippen LogP contribution in [0, 0.1) is 16.5 Å². The third-order valence-electron chi connectivity index (χ3n) is 3.34. The second kappa shape index (κ2) is 7.63. The van der Waals surface area contributed by atoms with Gasteiger partial charge in [0.2, 0.25) is 0 Å². The summed E-state index contributed by atoms with van der Waals surface area (Å²) < 4.78 is 26.4. The van der Waals surface area contributed by atoms with Crippen LogP contribution in [0.4, 0.5) is 8.78 Å². The molecule has 1 rings (SSSR count). The van der Waals surface area contributed by atoms with Gasteiger partial charge in [-0.25, -0.2) is 8.78 Å². The third kappa shape index (κ3) is 4.61. The summed E-state index contributed by atoms with van der Waals surface area (Å²) in [5.74, 6) is -1.96. The lowest BCUT2D eigenvalue weighted by Gasteiger charge is -2.19. The number of benzene rings is 1. The second-order valence-corrected chi connectivity index (χ2v) is 5.17. The molecule has 22 heavy (non-hydrogen) atoms. The molecule has 1 aromatic carbocycles. The van der Waals surface area contributed by atoms with Gasteiger partial charge in [-0.1, -0.05) is 5.18 Å². The van der Waals surface area contributed by atoms with Gasteiger partial charge in [-0.3, -0.25) is 4.79 Å². The number of nitrogens with two attached hydrogens (primary N) is 1. The standard InChI is InChI=1S/C15H19F2N3O2/c1-9(19-22)4-5-20(3)15(21)14(18)10(2)11-6-12(16)8-13(17)7-11/h6-9H,4-5,18H2,1-3H3/b14-10+. The first-order chi connectivity index (χ1) is 10.3. The van der Waals surface area contributed by atoms with Gasteiger partial charge in [-0.15, -0.1) is 0 Å². The van der Waals surface area contributed by atoms with Crippen molar-refractivity contribution in [1.29, 1.82) is 0 Å². The molecule has 0 heterocycles. The van der Waals surface area contributed by atoms with E-state index in [1.165, 1.54) is 18.9 Å². The molecule has 0 fully saturated rings. The number of likely N-dealkylation sites (N-methyl/N-ethyl adjacent to an activating group) is 1. The van der Waals surface area contributed by atoms with Crippen molar-refractivity contribution in [3.05, 3.63) is 46.0 Å². The molecule has 0 spiro atoms. The lowest BCUT2D eigenvalue weighted by Crippen LogP contribution is -2.33. The van der Waals surface area contributed by atoms with Crippen LogP contribution in [-0.2, 0) is 4.79 Å². The van der Waals surface area contributed by atoms with E-state index >= 15 is 0 Å². The van der Waals surface area contributed by atoms with Crippen LogP contribution in [0.25, 0.3) is 5.57 Å². The summed E-state index contributed by atoms with van der Waals surface area (Å²) in [5.41, 5.74) is 6.19. The highest BCUT2D eigenvalue weighted by Crippen LogP contribution is 2.19. The topological polar surface area (TPSA) is 75.8 Å². The predicted octanol–water partition coefficient (Wildman–Crippen LogP) is 2.66. The molecule has 0 radical (unpaired) electrons. The number of nitrogens with zero attached hydrogens (tertiary/aromatic N) is 2. The monoisotopic (exact) mass is 311 g/mol. The minimum absolute atomic E-state index is 0.0979. The maximum atomic E-state index is 13.2. The molecule has 7 heteroatoms. The fourth-order valence-electron chi connectivity index (χ4n) is 1.83. The smallest absolute Gasteiger partial charge is 0.269 e. The van der Waals surface area contributed by atoms with E-state index in [0.717, 1.165) is 18.2 Å². The Hall–Kier alpha value is -2.31. The maximum Gasteiger partial charge on any atom is 0.269 e. The van der Waals surface area contributed by atoms with Crippen molar-refractivity contribution in [3.8, 4) is 0 Å². The molecule has 0 saturated carbocycles. The van der Waals surface area contributed by atoms with Gasteiger partial charge in [0.1, 0.15) is 17.3 Å². The van der Waals surface area contributed by atoms with E-state index in [4.69, 9.17) is 5.73 Å². The Labute approximate surface area is 127 Å². The number of hydrogen-bond donors (Lipinski definition) is 1. The first-order valence-electron chi connectivity index (χ1n) is 6.77. The van der Waals surface area contributed by atoms with Gasteiger partial charge in [0, 0.05) is 19.7 Å². The average Bonchev–Trinajstić information content (AvgIpc) is 2.48. The van der Waals surface area contributed by atoms with Crippen molar-refractivity contribution in [2.75, 3.05) is 13.6 Å². The summed E-state index contributed by atoms with van der Waals surface area (Å²) in [6, 6.07) is 2.56. The van der Waals surface area contributed by atoms with E-state index in [9.17, 15) is 18.5 Å². The number of carbonyl (C=O) groups excluding carboxylic acids is 1. The normalized spacial score (nSPS) is 13.3. The van der Waals surface area contributed by atoms with Gasteiger partial charge in [-0.2, -0.15) is 4.91 Å². The largest absolute Gasteiger partial charge is 0.394 e. The lowest BCUT2D eigenvalue weighted by molar-refractivity contribution is -0.125. The molecule has 0 aromatic heterocycles. The lowest BCUT2D eigenvalue weighted by atomic mass is 10.0. The van der Waals surface area contributed by atoms with Crippen LogP contribution in [0.3, 0.4) is 0 Å². The number of rotatable bonds is 6. The summed E-state index contributed by atoms with van der Waals surface area (Å²) in [6.45, 7) is 3.47. The molecule has 0 bridgehead atoms. The van der Waals surface area contributed by atoms with Gasteiger partial charge in [0.15, 0.2) is 0 Å². The van der Waals surface area contributed by atoms with Crippen molar-refractivity contribution < 1.29 is 13.6 Å². The van der Waals surface area contributed by atoms with Crippen molar-refractivity contribution in [2.45, 2.75) is 26.3 Å². The predicted molar refractivity (Wildman–Crippen MR) is 80.7 cm³/mol. The minimum Gasteiger partial charge on any atom is -0.394 e. The van der Waals surface area contributed by atoms with Gasteiger partial charge in [0.25, 0.3) is 5.91 Å². The van der Waals surface area contributed by atoms with E-state index in [1.807, 2.05) is 0 Å². The SMILES string of the molecule is C/C(=C(\N)C(=O)N(C)CCC(C)N=O)c1cc(F)cc(F)c1. The van der Waals surface area contributed by atoms with E-state index in [1.54, 1.807) is 6.92 Å². The molecular formula is C15H19F2N3O2. The Morgan fingerprint density at radius 1 is 1.32 bits per heavy atom. The number of allylic oxidation sites excluding steroid dienone is 1. The Morgan fingerprint density at radius 3 is 2.36 bits per heavy atom. The van der Waals surface area contributed by atoms with Crippen molar-refractivity contribution >= 4 is 11.5 Å².